The van der Waals surface area contributed by atoms with Gasteiger partial charge in [-0.25, -0.2) is 9.18 Å². The third-order valence-corrected chi connectivity index (χ3v) is 3.03. The lowest BCUT2D eigenvalue weighted by Crippen LogP contribution is -2.14. The minimum absolute atomic E-state index is 0.0666. The zero-order valence-electron chi connectivity index (χ0n) is 12.8. The van der Waals surface area contributed by atoms with Crippen LogP contribution in [0.15, 0.2) is 54.2 Å². The second-order valence-electron chi connectivity index (χ2n) is 4.78. The number of hydrogen-bond donors (Lipinski definition) is 1. The molecule has 0 aromatic heterocycles. The van der Waals surface area contributed by atoms with E-state index < -0.39 is 11.8 Å². The van der Waals surface area contributed by atoms with Crippen molar-refractivity contribution in [2.75, 3.05) is 6.61 Å². The van der Waals surface area contributed by atoms with E-state index in [-0.39, 0.29) is 18.9 Å². The molecule has 5 heteroatoms. The largest absolute Gasteiger partial charge is 0.488 e. The van der Waals surface area contributed by atoms with Crippen molar-refractivity contribution in [2.24, 2.45) is 5.73 Å². The molecule has 4 nitrogen and oxygen atoms in total. The number of nitrogens with two attached hydrogens (primary N) is 1. The highest BCUT2D eigenvalue weighted by Crippen LogP contribution is 2.23. The number of carbonyl (C=O) groups excluding carboxylic acids is 1. The number of rotatable bonds is 6. The van der Waals surface area contributed by atoms with E-state index >= 15 is 0 Å². The van der Waals surface area contributed by atoms with E-state index in [0.717, 1.165) is 5.56 Å². The van der Waals surface area contributed by atoms with Crippen molar-refractivity contribution in [1.82, 2.24) is 0 Å². The first-order valence-corrected chi connectivity index (χ1v) is 7.20. The van der Waals surface area contributed by atoms with Gasteiger partial charge in [-0.1, -0.05) is 30.3 Å². The Kier molecular flexibility index (Phi) is 5.74. The molecule has 120 valence electrons. The van der Waals surface area contributed by atoms with Gasteiger partial charge in [0.05, 0.1) is 6.61 Å². The lowest BCUT2D eigenvalue weighted by atomic mass is 10.1. The monoisotopic (exact) mass is 315 g/mol. The normalized spacial score (nSPS) is 11.1. The quantitative estimate of drug-likeness (QED) is 0.656. The fourth-order valence-corrected chi connectivity index (χ4v) is 1.93. The molecule has 0 spiro atoms. The number of carbonyl (C=O) groups is 1. The van der Waals surface area contributed by atoms with Crippen LogP contribution in [0.5, 0.6) is 5.75 Å². The summed E-state index contributed by atoms with van der Waals surface area (Å²) >= 11 is 0. The molecule has 2 rings (SSSR count). The molecule has 2 aromatic rings. The third kappa shape index (κ3) is 4.85. The van der Waals surface area contributed by atoms with Crippen molar-refractivity contribution in [3.63, 3.8) is 0 Å². The Labute approximate surface area is 134 Å². The van der Waals surface area contributed by atoms with Crippen LogP contribution in [0.2, 0.25) is 0 Å². The Hall–Kier alpha value is -2.82. The topological polar surface area (TPSA) is 61.5 Å². The van der Waals surface area contributed by atoms with Crippen molar-refractivity contribution in [3.05, 3.63) is 71.2 Å². The summed E-state index contributed by atoms with van der Waals surface area (Å²) in [5.41, 5.74) is 7.08. The number of halogens is 1. The highest BCUT2D eigenvalue weighted by atomic mass is 19.1. The van der Waals surface area contributed by atoms with E-state index in [9.17, 15) is 9.18 Å². The predicted molar refractivity (Wildman–Crippen MR) is 86.0 cm³/mol. The van der Waals surface area contributed by atoms with E-state index in [0.29, 0.717) is 11.3 Å². The first kappa shape index (κ1) is 16.5. The number of hydrogen-bond acceptors (Lipinski definition) is 4. The maximum Gasteiger partial charge on any atom is 0.354 e. The maximum atomic E-state index is 13.5. The summed E-state index contributed by atoms with van der Waals surface area (Å²) < 4.78 is 23.9. The molecule has 0 aliphatic rings. The first-order chi connectivity index (χ1) is 11.1. The molecule has 0 saturated carbocycles. The van der Waals surface area contributed by atoms with Crippen molar-refractivity contribution in [2.45, 2.75) is 13.5 Å². The molecule has 2 aromatic carbocycles. The minimum Gasteiger partial charge on any atom is -0.488 e. The van der Waals surface area contributed by atoms with Crippen molar-refractivity contribution >= 4 is 12.0 Å². The van der Waals surface area contributed by atoms with E-state index in [1.54, 1.807) is 6.92 Å². The Balaban J connectivity index is 2.20. The summed E-state index contributed by atoms with van der Waals surface area (Å²) in [6, 6.07) is 13.5. The zero-order chi connectivity index (χ0) is 16.7. The fourth-order valence-electron chi connectivity index (χ4n) is 1.93. The molecular formula is C18H18FNO3. The Bertz CT molecular complexity index is 699. The van der Waals surface area contributed by atoms with Crippen molar-refractivity contribution in [3.8, 4) is 5.75 Å². The van der Waals surface area contributed by atoms with Gasteiger partial charge in [-0.15, -0.1) is 0 Å². The summed E-state index contributed by atoms with van der Waals surface area (Å²) in [5.74, 6) is -0.744. The standard InChI is InChI=1S/C18H18FNO3/c1-2-22-18(21)16(20)10-14-8-9-15(19)11-17(14)23-12-13-6-4-3-5-7-13/h3-11H,2,12,20H2,1H3/b16-10-. The van der Waals surface area contributed by atoms with Crippen LogP contribution >= 0.6 is 0 Å². The molecule has 0 heterocycles. The first-order valence-electron chi connectivity index (χ1n) is 7.20. The van der Waals surface area contributed by atoms with Gasteiger partial charge >= 0.3 is 5.97 Å². The molecule has 0 aliphatic heterocycles. The molecule has 0 fully saturated rings. The van der Waals surface area contributed by atoms with E-state index in [1.807, 2.05) is 30.3 Å². The molecule has 0 bridgehead atoms. The lowest BCUT2D eigenvalue weighted by molar-refractivity contribution is -0.138. The van der Waals surface area contributed by atoms with Gasteiger partial charge in [0, 0.05) is 11.6 Å². The molecule has 23 heavy (non-hydrogen) atoms. The van der Waals surface area contributed by atoms with E-state index in [1.165, 1.54) is 24.3 Å². The van der Waals surface area contributed by atoms with Gasteiger partial charge in [-0.3, -0.25) is 0 Å². The number of ether oxygens (including phenoxy) is 2. The molecule has 2 N–H and O–H groups in total. The molecule has 0 saturated heterocycles. The van der Waals surface area contributed by atoms with Crippen LogP contribution in [-0.2, 0) is 16.1 Å². The SMILES string of the molecule is CCOC(=O)/C(N)=C/c1ccc(F)cc1OCc1ccccc1. The van der Waals surface area contributed by atoms with Gasteiger partial charge in [-0.05, 0) is 30.7 Å². The summed E-state index contributed by atoms with van der Waals surface area (Å²) in [5, 5.41) is 0. The second-order valence-corrected chi connectivity index (χ2v) is 4.78. The molecule has 0 atom stereocenters. The summed E-state index contributed by atoms with van der Waals surface area (Å²) in [4.78, 5) is 11.6. The summed E-state index contributed by atoms with van der Waals surface area (Å²) in [6.07, 6.45) is 1.41. The average Bonchev–Trinajstić information content (AvgIpc) is 2.56. The third-order valence-electron chi connectivity index (χ3n) is 3.03. The predicted octanol–water partition coefficient (Wildman–Crippen LogP) is 3.27. The van der Waals surface area contributed by atoms with Gasteiger partial charge in [-0.2, -0.15) is 0 Å². The van der Waals surface area contributed by atoms with Gasteiger partial charge in [0.15, 0.2) is 0 Å². The Morgan fingerprint density at radius 1 is 1.22 bits per heavy atom. The van der Waals surface area contributed by atoms with Crippen LogP contribution in [0.3, 0.4) is 0 Å². The van der Waals surface area contributed by atoms with Crippen LogP contribution in [-0.4, -0.2) is 12.6 Å². The van der Waals surface area contributed by atoms with Gasteiger partial charge in [0.2, 0.25) is 0 Å². The van der Waals surface area contributed by atoms with Crippen molar-refractivity contribution < 1.29 is 18.7 Å². The van der Waals surface area contributed by atoms with Gasteiger partial charge < -0.3 is 15.2 Å². The minimum atomic E-state index is -0.620. The lowest BCUT2D eigenvalue weighted by Gasteiger charge is -2.10. The molecule has 0 aliphatic carbocycles. The molecule has 0 unspecified atom stereocenters. The number of esters is 1. The summed E-state index contributed by atoms with van der Waals surface area (Å²) in [6.45, 7) is 2.20. The van der Waals surface area contributed by atoms with E-state index in [4.69, 9.17) is 15.2 Å². The average molecular weight is 315 g/mol. The van der Waals surface area contributed by atoms with Crippen LogP contribution in [0.4, 0.5) is 4.39 Å². The van der Waals surface area contributed by atoms with E-state index in [2.05, 4.69) is 0 Å². The maximum absolute atomic E-state index is 13.5. The summed E-state index contributed by atoms with van der Waals surface area (Å²) in [7, 11) is 0. The van der Waals surface area contributed by atoms with Crippen LogP contribution in [0.25, 0.3) is 6.08 Å². The highest BCUT2D eigenvalue weighted by molar-refractivity contribution is 5.93. The van der Waals surface area contributed by atoms with Gasteiger partial charge in [0.25, 0.3) is 0 Å². The van der Waals surface area contributed by atoms with Gasteiger partial charge in [0.1, 0.15) is 23.9 Å². The molecular weight excluding hydrogens is 297 g/mol. The van der Waals surface area contributed by atoms with Crippen LogP contribution < -0.4 is 10.5 Å². The van der Waals surface area contributed by atoms with Crippen molar-refractivity contribution in [1.29, 1.82) is 0 Å². The Morgan fingerprint density at radius 3 is 2.65 bits per heavy atom. The smallest absolute Gasteiger partial charge is 0.354 e. The highest BCUT2D eigenvalue weighted by Gasteiger charge is 2.09. The van der Waals surface area contributed by atoms with Crippen LogP contribution in [0, 0.1) is 5.82 Å². The number of benzene rings is 2. The zero-order valence-corrected chi connectivity index (χ0v) is 12.8. The second kappa shape index (κ2) is 7.98. The van der Waals surface area contributed by atoms with Crippen LogP contribution in [0.1, 0.15) is 18.1 Å². The Morgan fingerprint density at radius 2 is 1.96 bits per heavy atom. The fraction of sp³-hybridized carbons (Fsp3) is 0.167. The molecule has 0 radical (unpaired) electrons. The molecule has 0 amide bonds.